The van der Waals surface area contributed by atoms with Crippen molar-refractivity contribution in [1.29, 1.82) is 0 Å². The maximum absolute atomic E-state index is 11.1. The van der Waals surface area contributed by atoms with E-state index in [-0.39, 0.29) is 5.41 Å². The van der Waals surface area contributed by atoms with E-state index >= 15 is 0 Å². The largest absolute Gasteiger partial charge is 0.299 e. The third-order valence-electron chi connectivity index (χ3n) is 2.36. The zero-order valence-electron chi connectivity index (χ0n) is 6.68. The summed E-state index contributed by atoms with van der Waals surface area (Å²) in [6.07, 6.45) is 7.50. The first-order valence-electron chi connectivity index (χ1n) is 3.84. The van der Waals surface area contributed by atoms with Gasteiger partial charge >= 0.3 is 0 Å². The highest BCUT2D eigenvalue weighted by Gasteiger charge is 2.27. The zero-order chi connectivity index (χ0) is 7.61. The van der Waals surface area contributed by atoms with Crippen LogP contribution in [0.15, 0.2) is 12.2 Å². The van der Waals surface area contributed by atoms with E-state index in [0.717, 1.165) is 19.3 Å². The van der Waals surface area contributed by atoms with Gasteiger partial charge in [0.25, 0.3) is 0 Å². The molecule has 0 spiro atoms. The third kappa shape index (κ3) is 1.28. The Kier molecular flexibility index (Phi) is 1.93. The summed E-state index contributed by atoms with van der Waals surface area (Å²) in [6, 6.07) is 0. The number of rotatable bonds is 1. The molecular formula is C9H14O. The highest BCUT2D eigenvalue weighted by Crippen LogP contribution is 2.30. The molecule has 56 valence electrons. The van der Waals surface area contributed by atoms with Crippen molar-refractivity contribution in [2.45, 2.75) is 33.1 Å². The average molecular weight is 138 g/mol. The van der Waals surface area contributed by atoms with E-state index in [1.165, 1.54) is 0 Å². The number of ketones is 1. The quantitative estimate of drug-likeness (QED) is 0.508. The zero-order valence-corrected chi connectivity index (χ0v) is 6.68. The summed E-state index contributed by atoms with van der Waals surface area (Å²) in [4.78, 5) is 11.1. The van der Waals surface area contributed by atoms with E-state index in [9.17, 15) is 4.79 Å². The number of allylic oxidation sites excluding steroid dienone is 2. The highest BCUT2D eigenvalue weighted by atomic mass is 16.1. The lowest BCUT2D eigenvalue weighted by molar-refractivity contribution is -0.123. The molecule has 1 nitrogen and oxygen atoms in total. The Morgan fingerprint density at radius 1 is 1.60 bits per heavy atom. The lowest BCUT2D eigenvalue weighted by atomic mass is 9.78. The molecule has 0 saturated carbocycles. The van der Waals surface area contributed by atoms with Crippen LogP contribution in [0.25, 0.3) is 0 Å². The lowest BCUT2D eigenvalue weighted by Crippen LogP contribution is -2.24. The first kappa shape index (κ1) is 7.52. The maximum atomic E-state index is 11.1. The van der Waals surface area contributed by atoms with Gasteiger partial charge in [-0.3, -0.25) is 4.79 Å². The van der Waals surface area contributed by atoms with Crippen molar-refractivity contribution in [2.24, 2.45) is 5.41 Å². The van der Waals surface area contributed by atoms with Crippen LogP contribution in [0.1, 0.15) is 33.1 Å². The van der Waals surface area contributed by atoms with Gasteiger partial charge < -0.3 is 0 Å². The molecule has 1 aliphatic rings. The van der Waals surface area contributed by atoms with Crippen LogP contribution < -0.4 is 0 Å². The Bertz CT molecular complexity index is 170. The minimum absolute atomic E-state index is 0.141. The number of Topliss-reactive ketones (excluding diaryl/α,β-unsaturated/α-hetero) is 1. The number of hydrogen-bond donors (Lipinski definition) is 0. The SMILES string of the molecule is CC(=O)C1(C)C=CCCC1. The summed E-state index contributed by atoms with van der Waals surface area (Å²) in [7, 11) is 0. The monoisotopic (exact) mass is 138 g/mol. The number of carbonyl (C=O) groups is 1. The summed E-state index contributed by atoms with van der Waals surface area (Å²) < 4.78 is 0. The molecule has 0 aliphatic heterocycles. The lowest BCUT2D eigenvalue weighted by Gasteiger charge is -2.25. The van der Waals surface area contributed by atoms with Crippen molar-refractivity contribution in [3.63, 3.8) is 0 Å². The van der Waals surface area contributed by atoms with E-state index in [4.69, 9.17) is 0 Å². The molecule has 1 aliphatic carbocycles. The molecule has 10 heavy (non-hydrogen) atoms. The molecule has 0 saturated heterocycles. The van der Waals surface area contributed by atoms with Crippen LogP contribution in [0.3, 0.4) is 0 Å². The molecule has 0 radical (unpaired) electrons. The Hall–Kier alpha value is -0.590. The fourth-order valence-electron chi connectivity index (χ4n) is 1.31. The van der Waals surface area contributed by atoms with E-state index in [1.54, 1.807) is 6.92 Å². The van der Waals surface area contributed by atoms with Crippen LogP contribution in [0.2, 0.25) is 0 Å². The van der Waals surface area contributed by atoms with Crippen molar-refractivity contribution in [2.75, 3.05) is 0 Å². The Labute approximate surface area is 62.1 Å². The van der Waals surface area contributed by atoms with Gasteiger partial charge in [-0.25, -0.2) is 0 Å². The Morgan fingerprint density at radius 3 is 2.60 bits per heavy atom. The first-order chi connectivity index (χ1) is 4.65. The normalized spacial score (nSPS) is 32.2. The second-order valence-electron chi connectivity index (χ2n) is 3.27. The van der Waals surface area contributed by atoms with Gasteiger partial charge in [-0.05, 0) is 33.1 Å². The molecule has 0 aromatic heterocycles. The summed E-state index contributed by atoms with van der Waals surface area (Å²) in [5.41, 5.74) is -0.141. The predicted molar refractivity (Wildman–Crippen MR) is 41.8 cm³/mol. The second-order valence-corrected chi connectivity index (χ2v) is 3.27. The van der Waals surface area contributed by atoms with Crippen molar-refractivity contribution in [1.82, 2.24) is 0 Å². The molecule has 1 atom stereocenters. The minimum atomic E-state index is -0.141. The topological polar surface area (TPSA) is 17.1 Å². The van der Waals surface area contributed by atoms with Crippen molar-refractivity contribution >= 4 is 5.78 Å². The van der Waals surface area contributed by atoms with Crippen LogP contribution in [0.5, 0.6) is 0 Å². The molecule has 1 unspecified atom stereocenters. The molecular weight excluding hydrogens is 124 g/mol. The van der Waals surface area contributed by atoms with Gasteiger partial charge in [0, 0.05) is 5.41 Å². The molecule has 1 heteroatoms. The third-order valence-corrected chi connectivity index (χ3v) is 2.36. The molecule has 0 aromatic carbocycles. The summed E-state index contributed by atoms with van der Waals surface area (Å²) in [5, 5.41) is 0. The van der Waals surface area contributed by atoms with Gasteiger partial charge in [-0.15, -0.1) is 0 Å². The van der Waals surface area contributed by atoms with Gasteiger partial charge in [0.15, 0.2) is 0 Å². The Morgan fingerprint density at radius 2 is 2.30 bits per heavy atom. The Balaban J connectivity index is 2.75. The second kappa shape index (κ2) is 2.57. The average Bonchev–Trinajstić information content (AvgIpc) is 1.89. The molecule has 0 fully saturated rings. The smallest absolute Gasteiger partial charge is 0.139 e. The highest BCUT2D eigenvalue weighted by molar-refractivity contribution is 5.84. The summed E-state index contributed by atoms with van der Waals surface area (Å²) in [6.45, 7) is 3.70. The summed E-state index contributed by atoms with van der Waals surface area (Å²) in [5.74, 6) is 0.295. The molecule has 0 amide bonds. The van der Waals surface area contributed by atoms with E-state index in [0.29, 0.717) is 5.78 Å². The molecule has 0 N–H and O–H groups in total. The van der Waals surface area contributed by atoms with Crippen LogP contribution in [-0.2, 0) is 4.79 Å². The molecule has 1 rings (SSSR count). The van der Waals surface area contributed by atoms with Gasteiger partial charge in [0.2, 0.25) is 0 Å². The van der Waals surface area contributed by atoms with Gasteiger partial charge in [0.05, 0.1) is 0 Å². The maximum Gasteiger partial charge on any atom is 0.139 e. The van der Waals surface area contributed by atoms with Crippen LogP contribution >= 0.6 is 0 Å². The molecule has 0 bridgehead atoms. The molecule has 0 aromatic rings. The van der Waals surface area contributed by atoms with Crippen LogP contribution in [0, 0.1) is 5.41 Å². The van der Waals surface area contributed by atoms with Crippen molar-refractivity contribution < 1.29 is 4.79 Å². The van der Waals surface area contributed by atoms with Crippen LogP contribution in [0.4, 0.5) is 0 Å². The molecule has 0 heterocycles. The number of hydrogen-bond acceptors (Lipinski definition) is 1. The number of carbonyl (C=O) groups excluding carboxylic acids is 1. The standard InChI is InChI=1S/C9H14O/c1-8(10)9(2)6-4-3-5-7-9/h4,6H,3,5,7H2,1-2H3. The van der Waals surface area contributed by atoms with Crippen LogP contribution in [-0.4, -0.2) is 5.78 Å². The van der Waals surface area contributed by atoms with E-state index in [2.05, 4.69) is 12.2 Å². The van der Waals surface area contributed by atoms with Gasteiger partial charge in [-0.2, -0.15) is 0 Å². The van der Waals surface area contributed by atoms with Gasteiger partial charge in [0.1, 0.15) is 5.78 Å². The van der Waals surface area contributed by atoms with Crippen molar-refractivity contribution in [3.05, 3.63) is 12.2 Å². The van der Waals surface area contributed by atoms with Gasteiger partial charge in [-0.1, -0.05) is 12.2 Å². The first-order valence-corrected chi connectivity index (χ1v) is 3.84. The fourth-order valence-corrected chi connectivity index (χ4v) is 1.31. The minimum Gasteiger partial charge on any atom is -0.299 e. The van der Waals surface area contributed by atoms with Crippen molar-refractivity contribution in [3.8, 4) is 0 Å². The summed E-state index contributed by atoms with van der Waals surface area (Å²) >= 11 is 0. The predicted octanol–water partition coefficient (Wildman–Crippen LogP) is 2.32. The fraction of sp³-hybridized carbons (Fsp3) is 0.667. The van der Waals surface area contributed by atoms with E-state index in [1.807, 2.05) is 6.92 Å². The van der Waals surface area contributed by atoms with E-state index < -0.39 is 0 Å².